The number of furan rings is 1. The number of non-ortho nitro benzene ring substituents is 1. The van der Waals surface area contributed by atoms with Crippen molar-refractivity contribution in [3.05, 3.63) is 51.8 Å². The molecule has 1 aliphatic heterocycles. The van der Waals surface area contributed by atoms with Crippen molar-refractivity contribution in [3.63, 3.8) is 0 Å². The van der Waals surface area contributed by atoms with Crippen LogP contribution in [0, 0.1) is 17.0 Å². The molecule has 1 fully saturated rings. The van der Waals surface area contributed by atoms with Crippen LogP contribution in [0.15, 0.2) is 39.9 Å². The highest BCUT2D eigenvalue weighted by molar-refractivity contribution is 5.77. The third-order valence-corrected chi connectivity index (χ3v) is 3.65. The Bertz CT molecular complexity index is 733. The average molecular weight is 315 g/mol. The van der Waals surface area contributed by atoms with E-state index < -0.39 is 4.92 Å². The van der Waals surface area contributed by atoms with Crippen LogP contribution in [-0.2, 0) is 4.74 Å². The Hall–Kier alpha value is -2.67. The summed E-state index contributed by atoms with van der Waals surface area (Å²) >= 11 is 0. The fraction of sp³-hybridized carbons (Fsp3) is 0.312. The molecule has 0 radical (unpaired) electrons. The van der Waals surface area contributed by atoms with Gasteiger partial charge in [0.25, 0.3) is 5.69 Å². The Labute approximate surface area is 133 Å². The van der Waals surface area contributed by atoms with Crippen LogP contribution in [0.25, 0.3) is 11.3 Å². The van der Waals surface area contributed by atoms with Crippen molar-refractivity contribution >= 4 is 11.9 Å². The topological polar surface area (TPSA) is 81.1 Å². The second-order valence-electron chi connectivity index (χ2n) is 5.27. The van der Waals surface area contributed by atoms with Gasteiger partial charge in [0.05, 0.1) is 37.4 Å². The average Bonchev–Trinajstić information content (AvgIpc) is 3.02. The first-order valence-corrected chi connectivity index (χ1v) is 7.35. The van der Waals surface area contributed by atoms with Gasteiger partial charge >= 0.3 is 0 Å². The first-order chi connectivity index (χ1) is 11.1. The zero-order chi connectivity index (χ0) is 16.2. The van der Waals surface area contributed by atoms with Gasteiger partial charge in [0, 0.05) is 17.7 Å². The van der Waals surface area contributed by atoms with Gasteiger partial charge in [0.2, 0.25) is 0 Å². The quantitative estimate of drug-likeness (QED) is 0.492. The van der Waals surface area contributed by atoms with E-state index in [1.165, 1.54) is 6.07 Å². The minimum absolute atomic E-state index is 0.0758. The molecule has 1 aromatic carbocycles. The summed E-state index contributed by atoms with van der Waals surface area (Å²) in [6, 6.07) is 8.40. The standard InChI is InChI=1S/C16H17N3O4/c1-12-10-13(19(20)21)2-4-15(12)16-5-3-14(23-16)11-17-18-6-8-22-9-7-18/h2-5,10-11H,6-9H2,1H3/b17-11-. The van der Waals surface area contributed by atoms with Crippen LogP contribution in [-0.4, -0.2) is 42.5 Å². The summed E-state index contributed by atoms with van der Waals surface area (Å²) in [5.41, 5.74) is 1.71. The molecule has 0 spiro atoms. The molecular formula is C16H17N3O4. The lowest BCUT2D eigenvalue weighted by Crippen LogP contribution is -2.32. The van der Waals surface area contributed by atoms with Crippen molar-refractivity contribution in [2.45, 2.75) is 6.92 Å². The minimum atomic E-state index is -0.403. The number of hydrogen-bond donors (Lipinski definition) is 0. The second-order valence-corrected chi connectivity index (χ2v) is 5.27. The van der Waals surface area contributed by atoms with Crippen LogP contribution in [0.4, 0.5) is 5.69 Å². The van der Waals surface area contributed by atoms with Gasteiger partial charge in [-0.25, -0.2) is 0 Å². The Kier molecular flexibility index (Phi) is 4.38. The summed E-state index contributed by atoms with van der Waals surface area (Å²) < 4.78 is 11.0. The number of hydrazone groups is 1. The van der Waals surface area contributed by atoms with E-state index in [1.54, 1.807) is 18.3 Å². The fourth-order valence-electron chi connectivity index (χ4n) is 2.41. The maximum absolute atomic E-state index is 10.8. The summed E-state index contributed by atoms with van der Waals surface area (Å²) in [4.78, 5) is 10.4. The largest absolute Gasteiger partial charge is 0.455 e. The van der Waals surface area contributed by atoms with Crippen molar-refractivity contribution in [1.82, 2.24) is 5.01 Å². The Morgan fingerprint density at radius 2 is 2.04 bits per heavy atom. The molecule has 0 saturated carbocycles. The van der Waals surface area contributed by atoms with Gasteiger partial charge in [-0.3, -0.25) is 15.1 Å². The predicted octanol–water partition coefficient (Wildman–Crippen LogP) is 2.83. The molecule has 23 heavy (non-hydrogen) atoms. The number of hydrogen-bond acceptors (Lipinski definition) is 6. The molecular weight excluding hydrogens is 298 g/mol. The van der Waals surface area contributed by atoms with Crippen LogP contribution >= 0.6 is 0 Å². The van der Waals surface area contributed by atoms with Crippen LogP contribution in [0.3, 0.4) is 0 Å². The van der Waals surface area contributed by atoms with Crippen molar-refractivity contribution in [1.29, 1.82) is 0 Å². The van der Waals surface area contributed by atoms with Crippen LogP contribution < -0.4 is 0 Å². The van der Waals surface area contributed by atoms with E-state index in [0.717, 1.165) is 24.2 Å². The summed E-state index contributed by atoms with van der Waals surface area (Å²) in [6.45, 7) is 4.73. The summed E-state index contributed by atoms with van der Waals surface area (Å²) in [6.07, 6.45) is 1.68. The first-order valence-electron chi connectivity index (χ1n) is 7.35. The minimum Gasteiger partial charge on any atom is -0.455 e. The van der Waals surface area contributed by atoms with Crippen LogP contribution in [0.1, 0.15) is 11.3 Å². The molecule has 0 bridgehead atoms. The molecule has 7 heteroatoms. The van der Waals surface area contributed by atoms with Crippen molar-refractivity contribution in [3.8, 4) is 11.3 Å². The monoisotopic (exact) mass is 315 g/mol. The number of aryl methyl sites for hydroxylation is 1. The SMILES string of the molecule is Cc1cc([N+](=O)[O-])ccc1-c1ccc(/C=N\N2CCOCC2)o1. The molecule has 0 N–H and O–H groups in total. The van der Waals surface area contributed by atoms with E-state index in [1.807, 2.05) is 24.1 Å². The first kappa shape index (κ1) is 15.2. The Balaban J connectivity index is 1.76. The molecule has 2 aromatic rings. The molecule has 120 valence electrons. The molecule has 1 saturated heterocycles. The molecule has 7 nitrogen and oxygen atoms in total. The van der Waals surface area contributed by atoms with Crippen molar-refractivity contribution < 1.29 is 14.1 Å². The highest BCUT2D eigenvalue weighted by Crippen LogP contribution is 2.28. The van der Waals surface area contributed by atoms with E-state index in [-0.39, 0.29) is 5.69 Å². The van der Waals surface area contributed by atoms with Gasteiger partial charge in [0.1, 0.15) is 11.5 Å². The summed E-state index contributed by atoms with van der Waals surface area (Å²) in [7, 11) is 0. The number of ether oxygens (including phenoxy) is 1. The molecule has 3 rings (SSSR count). The highest BCUT2D eigenvalue weighted by atomic mass is 16.6. The Morgan fingerprint density at radius 3 is 2.74 bits per heavy atom. The van der Waals surface area contributed by atoms with Crippen molar-refractivity contribution in [2.75, 3.05) is 26.3 Å². The number of morpholine rings is 1. The van der Waals surface area contributed by atoms with E-state index in [4.69, 9.17) is 9.15 Å². The maximum atomic E-state index is 10.8. The van der Waals surface area contributed by atoms with Gasteiger partial charge in [-0.05, 0) is 30.7 Å². The number of nitrogens with zero attached hydrogens (tertiary/aromatic N) is 3. The normalized spacial score (nSPS) is 15.3. The zero-order valence-corrected chi connectivity index (χ0v) is 12.8. The van der Waals surface area contributed by atoms with Crippen LogP contribution in [0.5, 0.6) is 0 Å². The second kappa shape index (κ2) is 6.62. The van der Waals surface area contributed by atoms with Gasteiger partial charge in [0.15, 0.2) is 0 Å². The zero-order valence-electron chi connectivity index (χ0n) is 12.8. The molecule has 1 aliphatic rings. The third-order valence-electron chi connectivity index (χ3n) is 3.65. The molecule has 2 heterocycles. The molecule has 0 atom stereocenters. The molecule has 0 aliphatic carbocycles. The molecule has 1 aromatic heterocycles. The molecule has 0 unspecified atom stereocenters. The fourth-order valence-corrected chi connectivity index (χ4v) is 2.41. The van der Waals surface area contributed by atoms with E-state index in [2.05, 4.69) is 5.10 Å². The lowest BCUT2D eigenvalue weighted by atomic mass is 10.1. The lowest BCUT2D eigenvalue weighted by molar-refractivity contribution is -0.384. The van der Waals surface area contributed by atoms with E-state index in [0.29, 0.717) is 24.7 Å². The molecule has 0 amide bonds. The Morgan fingerprint density at radius 1 is 1.26 bits per heavy atom. The number of rotatable bonds is 4. The van der Waals surface area contributed by atoms with Gasteiger partial charge in [-0.2, -0.15) is 5.10 Å². The number of nitro benzene ring substituents is 1. The van der Waals surface area contributed by atoms with Gasteiger partial charge in [-0.1, -0.05) is 0 Å². The smallest absolute Gasteiger partial charge is 0.269 e. The summed E-state index contributed by atoms with van der Waals surface area (Å²) in [5.74, 6) is 1.31. The number of nitro groups is 1. The third kappa shape index (κ3) is 3.57. The lowest BCUT2D eigenvalue weighted by Gasteiger charge is -2.23. The summed E-state index contributed by atoms with van der Waals surface area (Å²) in [5, 5.41) is 17.1. The van der Waals surface area contributed by atoms with Gasteiger partial charge < -0.3 is 9.15 Å². The van der Waals surface area contributed by atoms with Crippen molar-refractivity contribution in [2.24, 2.45) is 5.10 Å². The number of benzene rings is 1. The predicted molar refractivity (Wildman–Crippen MR) is 85.5 cm³/mol. The van der Waals surface area contributed by atoms with Gasteiger partial charge in [-0.15, -0.1) is 0 Å². The van der Waals surface area contributed by atoms with E-state index >= 15 is 0 Å². The van der Waals surface area contributed by atoms with E-state index in [9.17, 15) is 10.1 Å². The van der Waals surface area contributed by atoms with Crippen LogP contribution in [0.2, 0.25) is 0 Å². The highest BCUT2D eigenvalue weighted by Gasteiger charge is 2.12. The maximum Gasteiger partial charge on any atom is 0.269 e.